The van der Waals surface area contributed by atoms with Gasteiger partial charge in [0.1, 0.15) is 6.54 Å². The van der Waals surface area contributed by atoms with E-state index >= 15 is 0 Å². The van der Waals surface area contributed by atoms with Gasteiger partial charge < -0.3 is 28.8 Å². The number of nitrogens with one attached hydrogen (secondary N) is 1. The Hall–Kier alpha value is -3.30. The van der Waals surface area contributed by atoms with Crippen LogP contribution in [0, 0.1) is 0 Å². The van der Waals surface area contributed by atoms with E-state index in [1.165, 1.54) is 33.5 Å². The zero-order valence-electron chi connectivity index (χ0n) is 16.2. The molecule has 0 saturated heterocycles. The molecule has 1 aromatic heterocycles. The Bertz CT molecular complexity index is 794. The van der Waals surface area contributed by atoms with Crippen LogP contribution in [0.1, 0.15) is 35.4 Å². The monoisotopic (exact) mass is 393 g/mol. The third-order valence-electron chi connectivity index (χ3n) is 3.66. The molecule has 10 nitrogen and oxygen atoms in total. The van der Waals surface area contributed by atoms with Crippen LogP contribution < -0.4 is 19.5 Å². The van der Waals surface area contributed by atoms with Crippen LogP contribution in [0.3, 0.4) is 0 Å². The highest BCUT2D eigenvalue weighted by atomic mass is 16.6. The van der Waals surface area contributed by atoms with E-state index in [1.54, 1.807) is 0 Å². The summed E-state index contributed by atoms with van der Waals surface area (Å²) in [5.41, 5.74) is 0.239. The van der Waals surface area contributed by atoms with Gasteiger partial charge >= 0.3 is 5.97 Å². The molecule has 0 unspecified atom stereocenters. The lowest BCUT2D eigenvalue weighted by molar-refractivity contribution is -0.144. The maximum Gasteiger partial charge on any atom is 0.325 e. The van der Waals surface area contributed by atoms with E-state index < -0.39 is 11.9 Å². The molecule has 0 aliphatic heterocycles. The van der Waals surface area contributed by atoms with Crippen LogP contribution in [0.25, 0.3) is 0 Å². The van der Waals surface area contributed by atoms with Crippen molar-refractivity contribution in [3.63, 3.8) is 0 Å². The Morgan fingerprint density at radius 1 is 1.11 bits per heavy atom. The molecule has 1 aromatic carbocycles. The Kier molecular flexibility index (Phi) is 7.61. The molecule has 0 fully saturated rings. The van der Waals surface area contributed by atoms with Crippen molar-refractivity contribution in [2.75, 3.05) is 27.9 Å². The Morgan fingerprint density at radius 2 is 1.79 bits per heavy atom. The van der Waals surface area contributed by atoms with Gasteiger partial charge in [-0.2, -0.15) is 4.98 Å². The number of aryl methyl sites for hydroxylation is 1. The summed E-state index contributed by atoms with van der Waals surface area (Å²) < 4.78 is 25.6. The van der Waals surface area contributed by atoms with Crippen LogP contribution in [-0.4, -0.2) is 49.9 Å². The molecule has 0 spiro atoms. The number of carbonyl (C=O) groups is 2. The molecule has 0 radical (unpaired) electrons. The number of esters is 1. The van der Waals surface area contributed by atoms with Gasteiger partial charge in [0.15, 0.2) is 23.9 Å². The van der Waals surface area contributed by atoms with E-state index in [0.717, 1.165) is 6.42 Å². The normalized spacial score (nSPS) is 10.3. The molecule has 0 atom stereocenters. The minimum absolute atomic E-state index is 0.157. The Labute approximate surface area is 162 Å². The van der Waals surface area contributed by atoms with E-state index in [1.807, 2.05) is 6.92 Å². The number of hydrogen-bond acceptors (Lipinski definition) is 9. The van der Waals surface area contributed by atoms with Gasteiger partial charge in [0.2, 0.25) is 5.75 Å². The van der Waals surface area contributed by atoms with E-state index in [0.29, 0.717) is 29.5 Å². The average Bonchev–Trinajstić information content (AvgIpc) is 3.16. The number of nitrogens with zero attached hydrogens (tertiary/aromatic N) is 2. The first-order valence-electron chi connectivity index (χ1n) is 8.57. The van der Waals surface area contributed by atoms with Gasteiger partial charge in [-0.05, 0) is 18.6 Å². The number of hydrogen-bond donors (Lipinski definition) is 1. The van der Waals surface area contributed by atoms with Crippen molar-refractivity contribution in [3.8, 4) is 17.2 Å². The third-order valence-corrected chi connectivity index (χ3v) is 3.66. The van der Waals surface area contributed by atoms with E-state index in [4.69, 9.17) is 23.5 Å². The van der Waals surface area contributed by atoms with Crippen LogP contribution in [0.2, 0.25) is 0 Å². The molecule has 0 saturated carbocycles. The first-order chi connectivity index (χ1) is 13.5. The van der Waals surface area contributed by atoms with Gasteiger partial charge in [-0.25, -0.2) is 0 Å². The predicted molar refractivity (Wildman–Crippen MR) is 96.5 cm³/mol. The fourth-order valence-electron chi connectivity index (χ4n) is 2.33. The number of ether oxygens (including phenoxy) is 4. The zero-order valence-corrected chi connectivity index (χ0v) is 16.2. The summed E-state index contributed by atoms with van der Waals surface area (Å²) in [5.74, 6) is 0.637. The summed E-state index contributed by atoms with van der Waals surface area (Å²) in [6.07, 6.45) is 1.56. The quantitative estimate of drug-likeness (QED) is 0.599. The van der Waals surface area contributed by atoms with Crippen LogP contribution >= 0.6 is 0 Å². The molecule has 2 rings (SSSR count). The fourth-order valence-corrected chi connectivity index (χ4v) is 2.33. The molecule has 1 amide bonds. The molecule has 0 bridgehead atoms. The summed E-state index contributed by atoms with van der Waals surface area (Å²) >= 11 is 0. The van der Waals surface area contributed by atoms with Crippen molar-refractivity contribution in [1.82, 2.24) is 15.5 Å². The van der Waals surface area contributed by atoms with Crippen LogP contribution in [0.4, 0.5) is 0 Å². The predicted octanol–water partition coefficient (Wildman–Crippen LogP) is 1.52. The standard InChI is InChI=1S/C18H23N3O7/c1-5-6-14-20-15(28-21-14)10-27-16(22)9-19-18(23)11-7-12(24-2)17(26-4)13(8-11)25-3/h7-8H,5-6,9-10H2,1-4H3,(H,19,23). The minimum atomic E-state index is -0.643. The van der Waals surface area contributed by atoms with Crippen LogP contribution in [0.5, 0.6) is 17.2 Å². The molecule has 0 aliphatic rings. The van der Waals surface area contributed by atoms with Crippen molar-refractivity contribution in [3.05, 3.63) is 29.4 Å². The average molecular weight is 393 g/mol. The highest BCUT2D eigenvalue weighted by molar-refractivity contribution is 5.97. The summed E-state index contributed by atoms with van der Waals surface area (Å²) in [6.45, 7) is 1.51. The van der Waals surface area contributed by atoms with Gasteiger partial charge in [-0.1, -0.05) is 12.1 Å². The summed E-state index contributed by atoms with van der Waals surface area (Å²) in [6, 6.07) is 2.96. The molecular formula is C18H23N3O7. The zero-order chi connectivity index (χ0) is 20.5. The number of rotatable bonds is 10. The molecule has 2 aromatic rings. The van der Waals surface area contributed by atoms with Gasteiger partial charge in [0.25, 0.3) is 11.8 Å². The smallest absolute Gasteiger partial charge is 0.325 e. The van der Waals surface area contributed by atoms with Crippen molar-refractivity contribution in [1.29, 1.82) is 0 Å². The molecule has 10 heteroatoms. The second-order valence-electron chi connectivity index (χ2n) is 5.61. The SMILES string of the molecule is CCCc1noc(COC(=O)CNC(=O)c2cc(OC)c(OC)c(OC)c2)n1. The molecule has 1 heterocycles. The molecule has 0 aliphatic carbocycles. The van der Waals surface area contributed by atoms with Gasteiger partial charge in [-0.3, -0.25) is 9.59 Å². The highest BCUT2D eigenvalue weighted by Gasteiger charge is 2.18. The lowest BCUT2D eigenvalue weighted by atomic mass is 10.1. The van der Waals surface area contributed by atoms with Crippen LogP contribution in [-0.2, 0) is 22.6 Å². The second-order valence-corrected chi connectivity index (χ2v) is 5.61. The summed E-state index contributed by atoms with van der Waals surface area (Å²) in [5, 5.41) is 6.23. The molecule has 28 heavy (non-hydrogen) atoms. The minimum Gasteiger partial charge on any atom is -0.493 e. The first-order valence-corrected chi connectivity index (χ1v) is 8.57. The maximum absolute atomic E-state index is 12.3. The topological polar surface area (TPSA) is 122 Å². The largest absolute Gasteiger partial charge is 0.493 e. The van der Waals surface area contributed by atoms with E-state index in [-0.39, 0.29) is 24.6 Å². The lowest BCUT2D eigenvalue weighted by Crippen LogP contribution is -2.30. The molecular weight excluding hydrogens is 370 g/mol. The second kappa shape index (κ2) is 10.1. The van der Waals surface area contributed by atoms with Crippen LogP contribution in [0.15, 0.2) is 16.7 Å². The highest BCUT2D eigenvalue weighted by Crippen LogP contribution is 2.38. The number of benzene rings is 1. The summed E-state index contributed by atoms with van der Waals surface area (Å²) in [7, 11) is 4.35. The van der Waals surface area contributed by atoms with Gasteiger partial charge in [0.05, 0.1) is 21.3 Å². The number of aromatic nitrogens is 2. The molecule has 1 N–H and O–H groups in total. The number of methoxy groups -OCH3 is 3. The Morgan fingerprint density at radius 3 is 2.36 bits per heavy atom. The van der Waals surface area contributed by atoms with Crippen molar-refractivity contribution < 1.29 is 33.1 Å². The fraction of sp³-hybridized carbons (Fsp3) is 0.444. The number of carbonyl (C=O) groups excluding carboxylic acids is 2. The molecule has 152 valence electrons. The third kappa shape index (κ3) is 5.35. The van der Waals surface area contributed by atoms with Crippen molar-refractivity contribution in [2.45, 2.75) is 26.4 Å². The first kappa shape index (κ1) is 21.0. The van der Waals surface area contributed by atoms with E-state index in [9.17, 15) is 9.59 Å². The van der Waals surface area contributed by atoms with Crippen molar-refractivity contribution in [2.24, 2.45) is 0 Å². The van der Waals surface area contributed by atoms with Gasteiger partial charge in [-0.15, -0.1) is 0 Å². The van der Waals surface area contributed by atoms with E-state index in [2.05, 4.69) is 15.5 Å². The van der Waals surface area contributed by atoms with Crippen molar-refractivity contribution >= 4 is 11.9 Å². The number of amides is 1. The summed E-state index contributed by atoms with van der Waals surface area (Å²) in [4.78, 5) is 28.2. The maximum atomic E-state index is 12.3. The Balaban J connectivity index is 1.91. The van der Waals surface area contributed by atoms with Gasteiger partial charge in [0, 0.05) is 12.0 Å². The lowest BCUT2D eigenvalue weighted by Gasteiger charge is -2.14.